The Balaban J connectivity index is 1.93. The molecule has 0 saturated carbocycles. The summed E-state index contributed by atoms with van der Waals surface area (Å²) in [4.78, 5) is 13.9. The van der Waals surface area contributed by atoms with Crippen molar-refractivity contribution in [3.8, 4) is 11.3 Å². The molecular formula is C17H14ClFN4O. The normalized spacial score (nSPS) is 10.6. The van der Waals surface area contributed by atoms with Gasteiger partial charge < -0.3 is 0 Å². The molecular weight excluding hydrogens is 331 g/mol. The summed E-state index contributed by atoms with van der Waals surface area (Å²) in [5, 5.41) is 8.35. The Kier molecular flexibility index (Phi) is 4.57. The highest BCUT2D eigenvalue weighted by Crippen LogP contribution is 2.26. The van der Waals surface area contributed by atoms with Crippen LogP contribution >= 0.6 is 11.6 Å². The number of hydrogen-bond acceptors (Lipinski definition) is 3. The second-order valence-electron chi connectivity index (χ2n) is 5.01. The van der Waals surface area contributed by atoms with Crippen LogP contribution in [0.5, 0.6) is 0 Å². The molecule has 0 radical (unpaired) electrons. The van der Waals surface area contributed by atoms with E-state index in [1.54, 1.807) is 43.3 Å². The molecule has 0 N–H and O–H groups in total. The van der Waals surface area contributed by atoms with E-state index in [1.165, 1.54) is 17.2 Å². The van der Waals surface area contributed by atoms with E-state index in [0.29, 0.717) is 22.8 Å². The second kappa shape index (κ2) is 6.80. The van der Waals surface area contributed by atoms with Gasteiger partial charge in [-0.05, 0) is 25.1 Å². The Labute approximate surface area is 143 Å². The number of amides is 1. The fourth-order valence-corrected chi connectivity index (χ4v) is 2.59. The van der Waals surface area contributed by atoms with Crippen molar-refractivity contribution in [3.63, 3.8) is 0 Å². The molecule has 0 fully saturated rings. The molecule has 0 atom stereocenters. The zero-order chi connectivity index (χ0) is 17.1. The minimum Gasteiger partial charge on any atom is -0.290 e. The molecule has 0 unspecified atom stereocenters. The number of nitrogens with zero attached hydrogens (tertiary/aromatic N) is 4. The van der Waals surface area contributed by atoms with Gasteiger partial charge in [0.25, 0.3) is 0 Å². The van der Waals surface area contributed by atoms with E-state index in [2.05, 4.69) is 10.3 Å². The highest BCUT2D eigenvalue weighted by atomic mass is 35.5. The Hall–Kier alpha value is -2.73. The zero-order valence-electron chi connectivity index (χ0n) is 12.9. The van der Waals surface area contributed by atoms with Crippen LogP contribution in [-0.2, 0) is 0 Å². The molecule has 7 heteroatoms. The van der Waals surface area contributed by atoms with Gasteiger partial charge in [-0.15, -0.1) is 5.10 Å². The SMILES string of the molecule is CCN(C(=O)n1cc(-c2ccccc2Cl)nn1)c1ccccc1F. The van der Waals surface area contributed by atoms with Crippen molar-refractivity contribution in [2.75, 3.05) is 11.4 Å². The summed E-state index contributed by atoms with van der Waals surface area (Å²) >= 11 is 6.13. The average Bonchev–Trinajstić information content (AvgIpc) is 3.07. The van der Waals surface area contributed by atoms with Crippen molar-refractivity contribution in [1.29, 1.82) is 0 Å². The molecule has 122 valence electrons. The van der Waals surface area contributed by atoms with E-state index >= 15 is 0 Å². The lowest BCUT2D eigenvalue weighted by atomic mass is 10.2. The number of hydrogen-bond donors (Lipinski definition) is 0. The Morgan fingerprint density at radius 3 is 2.62 bits per heavy atom. The van der Waals surface area contributed by atoms with E-state index in [0.717, 1.165) is 4.68 Å². The summed E-state index contributed by atoms with van der Waals surface area (Å²) in [6.45, 7) is 2.05. The highest BCUT2D eigenvalue weighted by Gasteiger charge is 2.21. The van der Waals surface area contributed by atoms with Crippen LogP contribution in [0.15, 0.2) is 54.7 Å². The predicted molar refractivity (Wildman–Crippen MR) is 90.7 cm³/mol. The third-order valence-corrected chi connectivity index (χ3v) is 3.86. The van der Waals surface area contributed by atoms with Gasteiger partial charge >= 0.3 is 6.03 Å². The van der Waals surface area contributed by atoms with Crippen LogP contribution in [0.2, 0.25) is 5.02 Å². The van der Waals surface area contributed by atoms with Gasteiger partial charge in [-0.2, -0.15) is 4.68 Å². The van der Waals surface area contributed by atoms with Gasteiger partial charge in [-0.1, -0.05) is 47.1 Å². The minimum absolute atomic E-state index is 0.194. The van der Waals surface area contributed by atoms with Crippen LogP contribution in [0.3, 0.4) is 0 Å². The number of anilines is 1. The summed E-state index contributed by atoms with van der Waals surface area (Å²) < 4.78 is 15.0. The molecule has 0 aliphatic heterocycles. The zero-order valence-corrected chi connectivity index (χ0v) is 13.6. The van der Waals surface area contributed by atoms with Crippen LogP contribution in [-0.4, -0.2) is 27.6 Å². The smallest absolute Gasteiger partial charge is 0.290 e. The van der Waals surface area contributed by atoms with Crippen molar-refractivity contribution in [2.45, 2.75) is 6.92 Å². The number of para-hydroxylation sites is 1. The van der Waals surface area contributed by atoms with E-state index < -0.39 is 11.8 Å². The molecule has 2 aromatic carbocycles. The van der Waals surface area contributed by atoms with Gasteiger partial charge in [0.05, 0.1) is 16.9 Å². The van der Waals surface area contributed by atoms with Gasteiger partial charge in [0.2, 0.25) is 0 Å². The first-order chi connectivity index (χ1) is 11.6. The largest absolute Gasteiger partial charge is 0.350 e. The maximum atomic E-state index is 14.0. The maximum absolute atomic E-state index is 14.0. The minimum atomic E-state index is -0.492. The fourth-order valence-electron chi connectivity index (χ4n) is 2.35. The standard InChI is InChI=1S/C17H14ClFN4O/c1-2-22(16-10-6-5-9-14(16)19)17(24)23-11-15(20-21-23)12-7-3-4-8-13(12)18/h3-11H,2H2,1H3. The average molecular weight is 345 g/mol. The molecule has 1 heterocycles. The van der Waals surface area contributed by atoms with E-state index in [9.17, 15) is 9.18 Å². The third kappa shape index (κ3) is 3.00. The molecule has 3 rings (SSSR count). The van der Waals surface area contributed by atoms with Crippen molar-refractivity contribution in [3.05, 3.63) is 65.6 Å². The summed E-state index contributed by atoms with van der Waals surface area (Å²) in [6.07, 6.45) is 1.48. The molecule has 5 nitrogen and oxygen atoms in total. The lowest BCUT2D eigenvalue weighted by Crippen LogP contribution is -2.35. The van der Waals surface area contributed by atoms with Gasteiger partial charge in [-0.3, -0.25) is 4.90 Å². The molecule has 3 aromatic rings. The van der Waals surface area contributed by atoms with Crippen molar-refractivity contribution < 1.29 is 9.18 Å². The quantitative estimate of drug-likeness (QED) is 0.714. The Morgan fingerprint density at radius 1 is 1.21 bits per heavy atom. The summed E-state index contributed by atoms with van der Waals surface area (Å²) in [5.74, 6) is -0.473. The number of halogens is 2. The van der Waals surface area contributed by atoms with Crippen LogP contribution in [0.4, 0.5) is 14.9 Å². The van der Waals surface area contributed by atoms with Gasteiger partial charge in [0.15, 0.2) is 0 Å². The number of aromatic nitrogens is 3. The molecule has 0 bridgehead atoms. The lowest BCUT2D eigenvalue weighted by Gasteiger charge is -2.20. The van der Waals surface area contributed by atoms with Crippen LogP contribution < -0.4 is 4.90 Å². The first-order valence-electron chi connectivity index (χ1n) is 7.35. The highest BCUT2D eigenvalue weighted by molar-refractivity contribution is 6.33. The second-order valence-corrected chi connectivity index (χ2v) is 5.41. The first kappa shape index (κ1) is 16.1. The lowest BCUT2D eigenvalue weighted by molar-refractivity contribution is 0.244. The van der Waals surface area contributed by atoms with Gasteiger partial charge in [0.1, 0.15) is 11.5 Å². The van der Waals surface area contributed by atoms with Crippen molar-refractivity contribution in [2.24, 2.45) is 0 Å². The predicted octanol–water partition coefficient (Wildman–Crippen LogP) is 4.23. The monoisotopic (exact) mass is 344 g/mol. The molecule has 0 aliphatic carbocycles. The maximum Gasteiger partial charge on any atom is 0.350 e. The van der Waals surface area contributed by atoms with Crippen LogP contribution in [0.25, 0.3) is 11.3 Å². The van der Waals surface area contributed by atoms with Crippen molar-refractivity contribution in [1.82, 2.24) is 15.0 Å². The molecule has 0 saturated heterocycles. The number of carbonyl (C=O) groups is 1. The number of benzene rings is 2. The first-order valence-corrected chi connectivity index (χ1v) is 7.73. The van der Waals surface area contributed by atoms with Crippen molar-refractivity contribution >= 4 is 23.3 Å². The Bertz CT molecular complexity index is 880. The molecule has 0 aliphatic rings. The molecule has 24 heavy (non-hydrogen) atoms. The summed E-state index contributed by atoms with van der Waals surface area (Å²) in [6, 6.07) is 12.7. The van der Waals surface area contributed by atoms with E-state index in [1.807, 2.05) is 6.07 Å². The van der Waals surface area contributed by atoms with Crippen LogP contribution in [0.1, 0.15) is 6.92 Å². The van der Waals surface area contributed by atoms with E-state index in [-0.39, 0.29) is 5.69 Å². The summed E-state index contributed by atoms with van der Waals surface area (Å²) in [7, 11) is 0. The Morgan fingerprint density at radius 2 is 1.92 bits per heavy atom. The molecule has 1 aromatic heterocycles. The van der Waals surface area contributed by atoms with E-state index in [4.69, 9.17) is 11.6 Å². The topological polar surface area (TPSA) is 51.0 Å². The van der Waals surface area contributed by atoms with Crippen LogP contribution in [0, 0.1) is 5.82 Å². The molecule has 1 amide bonds. The number of rotatable bonds is 3. The third-order valence-electron chi connectivity index (χ3n) is 3.53. The summed E-state index contributed by atoms with van der Waals surface area (Å²) in [5.41, 5.74) is 1.34. The van der Waals surface area contributed by atoms with Gasteiger partial charge in [0, 0.05) is 12.1 Å². The molecule has 0 spiro atoms. The van der Waals surface area contributed by atoms with Gasteiger partial charge in [-0.25, -0.2) is 9.18 Å². The fraction of sp³-hybridized carbons (Fsp3) is 0.118. The number of carbonyl (C=O) groups excluding carboxylic acids is 1.